The van der Waals surface area contributed by atoms with E-state index in [0.29, 0.717) is 6.61 Å². The van der Waals surface area contributed by atoms with Crippen LogP contribution in [0.2, 0.25) is 0 Å². The second-order valence-corrected chi connectivity index (χ2v) is 3.12. The predicted octanol–water partition coefficient (Wildman–Crippen LogP) is 2.17. The fourth-order valence-electron chi connectivity index (χ4n) is 1.38. The molecule has 1 aliphatic rings. The maximum Gasteiger partial charge on any atom is 0.407 e. The van der Waals surface area contributed by atoms with E-state index in [1.165, 1.54) is 0 Å². The van der Waals surface area contributed by atoms with Gasteiger partial charge in [-0.15, -0.1) is 0 Å². The Labute approximate surface area is 84.1 Å². The Morgan fingerprint density at radius 1 is 1.79 bits per heavy atom. The smallest absolute Gasteiger partial charge is 0.407 e. The fraction of sp³-hybridized carbons (Fsp3) is 0.364. The zero-order valence-corrected chi connectivity index (χ0v) is 8.32. The second-order valence-electron chi connectivity index (χ2n) is 3.12. The highest BCUT2D eigenvalue weighted by Crippen LogP contribution is 2.11. The van der Waals surface area contributed by atoms with Crippen LogP contribution in [0.4, 0.5) is 4.79 Å². The molecule has 0 bridgehead atoms. The van der Waals surface area contributed by atoms with E-state index in [9.17, 15) is 4.79 Å². The number of allylic oxidation sites excluding steroid dienone is 4. The molecule has 1 N–H and O–H groups in total. The summed E-state index contributed by atoms with van der Waals surface area (Å²) in [5.74, 6) is 0. The molecule has 1 amide bonds. The van der Waals surface area contributed by atoms with Crippen LogP contribution in [-0.2, 0) is 4.74 Å². The number of hydrogen-bond donors (Lipinski definition) is 1. The Kier molecular flexibility index (Phi) is 3.98. The zero-order chi connectivity index (χ0) is 10.4. The van der Waals surface area contributed by atoms with Crippen LogP contribution in [-0.4, -0.2) is 18.7 Å². The highest BCUT2D eigenvalue weighted by molar-refractivity contribution is 5.69. The van der Waals surface area contributed by atoms with Crippen LogP contribution >= 0.6 is 0 Å². The number of ether oxygens (including phenoxy) is 1. The maximum absolute atomic E-state index is 10.8. The Morgan fingerprint density at radius 3 is 3.07 bits per heavy atom. The van der Waals surface area contributed by atoms with E-state index < -0.39 is 0 Å². The number of rotatable bonds is 4. The Bertz CT molecular complexity index is 279. The lowest BCUT2D eigenvalue weighted by atomic mass is 10.1. The molecular formula is C11H15NO2. The van der Waals surface area contributed by atoms with Crippen LogP contribution in [0.3, 0.4) is 0 Å². The van der Waals surface area contributed by atoms with Gasteiger partial charge in [0.1, 0.15) is 6.61 Å². The summed E-state index contributed by atoms with van der Waals surface area (Å²) < 4.78 is 4.80. The lowest BCUT2D eigenvalue weighted by Crippen LogP contribution is -2.26. The van der Waals surface area contributed by atoms with Gasteiger partial charge in [0.2, 0.25) is 0 Å². The first-order chi connectivity index (χ1) is 6.76. The molecular weight excluding hydrogens is 178 g/mol. The van der Waals surface area contributed by atoms with E-state index in [4.69, 9.17) is 4.74 Å². The van der Waals surface area contributed by atoms with Crippen molar-refractivity contribution in [1.82, 2.24) is 5.32 Å². The number of carbonyl (C=O) groups is 1. The van der Waals surface area contributed by atoms with Crippen LogP contribution in [0.25, 0.3) is 0 Å². The van der Waals surface area contributed by atoms with Gasteiger partial charge < -0.3 is 10.1 Å². The van der Waals surface area contributed by atoms with Crippen molar-refractivity contribution in [2.45, 2.75) is 19.4 Å². The molecule has 0 aromatic rings. The summed E-state index contributed by atoms with van der Waals surface area (Å²) in [7, 11) is 0. The van der Waals surface area contributed by atoms with Crippen molar-refractivity contribution in [3.05, 3.63) is 36.5 Å². The van der Waals surface area contributed by atoms with Crippen molar-refractivity contribution in [2.24, 2.45) is 0 Å². The number of hydrogen-bond acceptors (Lipinski definition) is 2. The molecule has 1 unspecified atom stereocenters. The third-order valence-electron chi connectivity index (χ3n) is 1.93. The van der Waals surface area contributed by atoms with E-state index in [1.54, 1.807) is 6.08 Å². The minimum absolute atomic E-state index is 0.0879. The van der Waals surface area contributed by atoms with Crippen LogP contribution in [0.15, 0.2) is 36.5 Å². The quantitative estimate of drug-likeness (QED) is 0.695. The number of alkyl carbamates (subject to hydrolysis) is 1. The fourth-order valence-corrected chi connectivity index (χ4v) is 1.38. The monoisotopic (exact) mass is 193 g/mol. The maximum atomic E-state index is 10.8. The molecule has 1 rings (SSSR count). The van der Waals surface area contributed by atoms with Gasteiger partial charge in [-0.1, -0.05) is 30.9 Å². The molecule has 14 heavy (non-hydrogen) atoms. The summed E-state index contributed by atoms with van der Waals surface area (Å²) in [6, 6.07) is 0.0879. The van der Waals surface area contributed by atoms with Crippen molar-refractivity contribution in [1.29, 1.82) is 0 Å². The third-order valence-corrected chi connectivity index (χ3v) is 1.93. The standard InChI is InChI=1S/C11H15NO2/c1-3-5-9(6-4-2)7-10-8-14-11(13)12-10/h3-6,10H,1,7-8H2,2H3,(H,12,13)/b6-4-,9-5+. The molecule has 0 aliphatic carbocycles. The van der Waals surface area contributed by atoms with Crippen molar-refractivity contribution in [2.75, 3.05) is 6.61 Å². The molecule has 1 saturated heterocycles. The molecule has 0 radical (unpaired) electrons. The second kappa shape index (κ2) is 5.27. The molecule has 0 saturated carbocycles. The largest absolute Gasteiger partial charge is 0.447 e. The Hall–Kier alpha value is -1.51. The van der Waals surface area contributed by atoms with Gasteiger partial charge >= 0.3 is 6.09 Å². The van der Waals surface area contributed by atoms with Crippen molar-refractivity contribution in [3.63, 3.8) is 0 Å². The van der Waals surface area contributed by atoms with Gasteiger partial charge in [-0.2, -0.15) is 0 Å². The first kappa shape index (κ1) is 10.6. The van der Waals surface area contributed by atoms with Crippen molar-refractivity contribution in [3.8, 4) is 0 Å². The van der Waals surface area contributed by atoms with Gasteiger partial charge in [0.15, 0.2) is 0 Å². The Morgan fingerprint density at radius 2 is 2.57 bits per heavy atom. The lowest BCUT2D eigenvalue weighted by Gasteiger charge is -2.07. The van der Waals surface area contributed by atoms with E-state index in [2.05, 4.69) is 11.9 Å². The molecule has 0 aromatic carbocycles. The first-order valence-corrected chi connectivity index (χ1v) is 4.64. The topological polar surface area (TPSA) is 38.3 Å². The summed E-state index contributed by atoms with van der Waals surface area (Å²) in [6.45, 7) is 6.05. The Balaban J connectivity index is 2.51. The molecule has 0 aromatic heterocycles. The number of nitrogens with one attached hydrogen (secondary N) is 1. The van der Waals surface area contributed by atoms with Crippen molar-refractivity contribution >= 4 is 6.09 Å². The summed E-state index contributed by atoms with van der Waals surface area (Å²) in [4.78, 5) is 10.8. The molecule has 1 atom stereocenters. The molecule has 76 valence electrons. The minimum Gasteiger partial charge on any atom is -0.447 e. The summed E-state index contributed by atoms with van der Waals surface area (Å²) in [5.41, 5.74) is 1.14. The average molecular weight is 193 g/mol. The number of amides is 1. The highest BCUT2D eigenvalue weighted by Gasteiger charge is 2.21. The first-order valence-electron chi connectivity index (χ1n) is 4.64. The molecule has 1 heterocycles. The van der Waals surface area contributed by atoms with Gasteiger partial charge in [0, 0.05) is 0 Å². The van der Waals surface area contributed by atoms with Gasteiger partial charge in [0.05, 0.1) is 6.04 Å². The summed E-state index contributed by atoms with van der Waals surface area (Å²) in [5, 5.41) is 2.73. The zero-order valence-electron chi connectivity index (χ0n) is 8.32. The van der Waals surface area contributed by atoms with E-state index >= 15 is 0 Å². The van der Waals surface area contributed by atoms with Gasteiger partial charge in [0.25, 0.3) is 0 Å². The van der Waals surface area contributed by atoms with E-state index in [0.717, 1.165) is 12.0 Å². The van der Waals surface area contributed by atoms with Gasteiger partial charge in [-0.25, -0.2) is 4.79 Å². The lowest BCUT2D eigenvalue weighted by molar-refractivity contribution is 0.177. The van der Waals surface area contributed by atoms with Crippen LogP contribution in [0, 0.1) is 0 Å². The molecule has 3 heteroatoms. The highest BCUT2D eigenvalue weighted by atomic mass is 16.6. The van der Waals surface area contributed by atoms with E-state index in [1.807, 2.05) is 25.2 Å². The number of cyclic esters (lactones) is 1. The van der Waals surface area contributed by atoms with Crippen LogP contribution in [0.1, 0.15) is 13.3 Å². The normalized spacial score (nSPS) is 22.2. The van der Waals surface area contributed by atoms with Crippen molar-refractivity contribution < 1.29 is 9.53 Å². The minimum atomic E-state index is -0.326. The SMILES string of the molecule is C=C/C=C(\C=C/C)CC1COC(=O)N1. The molecule has 0 spiro atoms. The molecule has 3 nitrogen and oxygen atoms in total. The van der Waals surface area contributed by atoms with Gasteiger partial charge in [-0.05, 0) is 18.9 Å². The average Bonchev–Trinajstić information content (AvgIpc) is 2.52. The molecule has 1 aliphatic heterocycles. The third kappa shape index (κ3) is 3.09. The van der Waals surface area contributed by atoms with Crippen LogP contribution < -0.4 is 5.32 Å². The van der Waals surface area contributed by atoms with Crippen LogP contribution in [0.5, 0.6) is 0 Å². The van der Waals surface area contributed by atoms with E-state index in [-0.39, 0.29) is 12.1 Å². The predicted molar refractivity (Wildman–Crippen MR) is 56.0 cm³/mol. The summed E-state index contributed by atoms with van der Waals surface area (Å²) in [6.07, 6.45) is 8.10. The summed E-state index contributed by atoms with van der Waals surface area (Å²) >= 11 is 0. The number of carbonyl (C=O) groups excluding carboxylic acids is 1. The van der Waals surface area contributed by atoms with Gasteiger partial charge in [-0.3, -0.25) is 0 Å². The molecule has 1 fully saturated rings.